The van der Waals surface area contributed by atoms with Crippen LogP contribution in [0.25, 0.3) is 22.4 Å². The molecule has 106 valence electrons. The fourth-order valence-electron chi connectivity index (χ4n) is 2.18. The summed E-state index contributed by atoms with van der Waals surface area (Å²) in [6, 6.07) is 10.3. The van der Waals surface area contributed by atoms with Gasteiger partial charge in [-0.2, -0.15) is 5.10 Å². The van der Waals surface area contributed by atoms with Crippen LogP contribution in [0.1, 0.15) is 0 Å². The Morgan fingerprint density at radius 2 is 1.81 bits per heavy atom. The molecular weight excluding hydrogens is 296 g/mol. The predicted octanol–water partition coefficient (Wildman–Crippen LogP) is 4.26. The smallest absolute Gasteiger partial charge is 0.153 e. The van der Waals surface area contributed by atoms with Crippen molar-refractivity contribution in [2.24, 2.45) is 0 Å². The third kappa shape index (κ3) is 2.36. The number of anilines is 1. The summed E-state index contributed by atoms with van der Waals surface area (Å²) in [4.78, 5) is 0. The van der Waals surface area contributed by atoms with Gasteiger partial charge in [-0.25, -0.2) is 8.78 Å². The van der Waals surface area contributed by atoms with Gasteiger partial charge in [-0.3, -0.25) is 5.10 Å². The molecule has 0 atom stereocenters. The van der Waals surface area contributed by atoms with Gasteiger partial charge >= 0.3 is 0 Å². The summed E-state index contributed by atoms with van der Waals surface area (Å²) in [5.74, 6) is -1.16. The summed E-state index contributed by atoms with van der Waals surface area (Å²) in [6.45, 7) is 0. The lowest BCUT2D eigenvalue weighted by atomic mass is 10.0. The number of nitrogens with zero attached hydrogens (tertiary/aromatic N) is 1. The van der Waals surface area contributed by atoms with Crippen molar-refractivity contribution in [2.45, 2.75) is 0 Å². The summed E-state index contributed by atoms with van der Waals surface area (Å²) in [7, 11) is 0. The van der Waals surface area contributed by atoms with E-state index < -0.39 is 11.6 Å². The lowest BCUT2D eigenvalue weighted by molar-refractivity contribution is 0.585. The van der Waals surface area contributed by atoms with Crippen molar-refractivity contribution in [1.29, 1.82) is 0 Å². The highest BCUT2D eigenvalue weighted by Crippen LogP contribution is 2.38. The van der Waals surface area contributed by atoms with Gasteiger partial charge in [-0.05, 0) is 18.2 Å². The van der Waals surface area contributed by atoms with Gasteiger partial charge in [0, 0.05) is 22.2 Å². The standard InChI is InChI=1S/C15H10ClF2N3/c16-11-4-2-1-3-9(11)13-14(20-21-15(13)19)10-6-5-8(17)7-12(10)18/h1-7H,(H3,19,20,21). The van der Waals surface area contributed by atoms with E-state index in [1.807, 2.05) is 0 Å². The third-order valence-electron chi connectivity index (χ3n) is 3.14. The molecule has 0 saturated carbocycles. The number of H-pyrrole nitrogens is 1. The molecule has 0 fully saturated rings. The van der Waals surface area contributed by atoms with Gasteiger partial charge in [0.15, 0.2) is 5.82 Å². The first-order valence-electron chi connectivity index (χ1n) is 6.12. The maximum Gasteiger partial charge on any atom is 0.153 e. The zero-order valence-corrected chi connectivity index (χ0v) is 11.5. The maximum absolute atomic E-state index is 14.0. The third-order valence-corrected chi connectivity index (χ3v) is 3.47. The zero-order chi connectivity index (χ0) is 15.0. The summed E-state index contributed by atoms with van der Waals surface area (Å²) in [5.41, 5.74) is 7.52. The molecule has 3 N–H and O–H groups in total. The Bertz CT molecular complexity index is 814. The molecule has 0 radical (unpaired) electrons. The average Bonchev–Trinajstić information content (AvgIpc) is 2.81. The molecule has 1 heterocycles. The van der Waals surface area contributed by atoms with Crippen molar-refractivity contribution >= 4 is 17.4 Å². The quantitative estimate of drug-likeness (QED) is 0.743. The molecule has 0 amide bonds. The molecule has 0 aliphatic carbocycles. The van der Waals surface area contributed by atoms with Gasteiger partial charge < -0.3 is 5.73 Å². The molecule has 0 saturated heterocycles. The lowest BCUT2D eigenvalue weighted by Crippen LogP contribution is -1.91. The molecule has 0 spiro atoms. The van der Waals surface area contributed by atoms with Crippen molar-refractivity contribution in [3.8, 4) is 22.4 Å². The van der Waals surface area contributed by atoms with E-state index in [0.717, 1.165) is 6.07 Å². The van der Waals surface area contributed by atoms with Gasteiger partial charge in [-0.15, -0.1) is 0 Å². The van der Waals surface area contributed by atoms with Gasteiger partial charge in [0.1, 0.15) is 11.6 Å². The number of nitrogens with two attached hydrogens (primary N) is 1. The first-order chi connectivity index (χ1) is 10.1. The molecule has 0 aliphatic heterocycles. The second-order valence-corrected chi connectivity index (χ2v) is 4.87. The summed E-state index contributed by atoms with van der Waals surface area (Å²) in [6.07, 6.45) is 0. The number of aromatic amines is 1. The largest absolute Gasteiger partial charge is 0.382 e. The van der Waals surface area contributed by atoms with Crippen molar-refractivity contribution in [3.63, 3.8) is 0 Å². The Hall–Kier alpha value is -2.40. The number of halogens is 3. The van der Waals surface area contributed by atoms with E-state index in [2.05, 4.69) is 10.2 Å². The van der Waals surface area contributed by atoms with Gasteiger partial charge in [0.2, 0.25) is 0 Å². The fourth-order valence-corrected chi connectivity index (χ4v) is 2.41. The molecule has 0 unspecified atom stereocenters. The van der Waals surface area contributed by atoms with E-state index >= 15 is 0 Å². The molecule has 3 rings (SSSR count). The van der Waals surface area contributed by atoms with Gasteiger partial charge in [0.25, 0.3) is 0 Å². The number of hydrogen-bond donors (Lipinski definition) is 2. The molecule has 1 aromatic heterocycles. The Balaban J connectivity index is 2.25. The SMILES string of the molecule is Nc1n[nH]c(-c2ccc(F)cc2F)c1-c1ccccc1Cl. The summed E-state index contributed by atoms with van der Waals surface area (Å²) in [5, 5.41) is 7.05. The van der Waals surface area contributed by atoms with Crippen LogP contribution in [0.4, 0.5) is 14.6 Å². The van der Waals surface area contributed by atoms with Crippen LogP contribution in [0.15, 0.2) is 42.5 Å². The first kappa shape index (κ1) is 13.6. The van der Waals surface area contributed by atoms with Crippen LogP contribution in [-0.4, -0.2) is 10.2 Å². The minimum absolute atomic E-state index is 0.176. The van der Waals surface area contributed by atoms with E-state index in [1.165, 1.54) is 12.1 Å². The molecule has 2 aromatic carbocycles. The molecular formula is C15H10ClF2N3. The molecule has 0 aliphatic rings. The van der Waals surface area contributed by atoms with Crippen LogP contribution < -0.4 is 5.73 Å². The van der Waals surface area contributed by atoms with Crippen molar-refractivity contribution in [1.82, 2.24) is 10.2 Å². The number of hydrogen-bond acceptors (Lipinski definition) is 2. The Morgan fingerprint density at radius 1 is 1.05 bits per heavy atom. The second-order valence-electron chi connectivity index (χ2n) is 4.46. The van der Waals surface area contributed by atoms with Gasteiger partial charge in [-0.1, -0.05) is 29.8 Å². The van der Waals surface area contributed by atoms with E-state index in [9.17, 15) is 8.78 Å². The van der Waals surface area contributed by atoms with Crippen molar-refractivity contribution in [3.05, 3.63) is 59.1 Å². The molecule has 21 heavy (non-hydrogen) atoms. The minimum Gasteiger partial charge on any atom is -0.382 e. The number of nitrogens with one attached hydrogen (secondary N) is 1. The number of rotatable bonds is 2. The highest BCUT2D eigenvalue weighted by Gasteiger charge is 2.19. The van der Waals surface area contributed by atoms with Crippen LogP contribution >= 0.6 is 11.6 Å². The Labute approximate surface area is 124 Å². The molecule has 6 heteroatoms. The van der Waals surface area contributed by atoms with E-state index in [-0.39, 0.29) is 11.4 Å². The molecule has 3 nitrogen and oxygen atoms in total. The number of nitrogen functional groups attached to an aromatic ring is 1. The number of benzene rings is 2. The van der Waals surface area contributed by atoms with E-state index in [4.69, 9.17) is 17.3 Å². The van der Waals surface area contributed by atoms with E-state index in [0.29, 0.717) is 21.8 Å². The monoisotopic (exact) mass is 305 g/mol. The summed E-state index contributed by atoms with van der Waals surface area (Å²) >= 11 is 6.16. The second kappa shape index (κ2) is 5.18. The van der Waals surface area contributed by atoms with Crippen molar-refractivity contribution < 1.29 is 8.78 Å². The topological polar surface area (TPSA) is 54.7 Å². The van der Waals surface area contributed by atoms with Crippen LogP contribution in [0.3, 0.4) is 0 Å². The highest BCUT2D eigenvalue weighted by atomic mass is 35.5. The van der Waals surface area contributed by atoms with Crippen LogP contribution in [0.2, 0.25) is 5.02 Å². The van der Waals surface area contributed by atoms with Crippen LogP contribution in [0.5, 0.6) is 0 Å². The summed E-state index contributed by atoms with van der Waals surface area (Å²) < 4.78 is 27.0. The average molecular weight is 306 g/mol. The van der Waals surface area contributed by atoms with Gasteiger partial charge in [0.05, 0.1) is 11.3 Å². The zero-order valence-electron chi connectivity index (χ0n) is 10.7. The predicted molar refractivity (Wildman–Crippen MR) is 78.8 cm³/mol. The lowest BCUT2D eigenvalue weighted by Gasteiger charge is -2.07. The highest BCUT2D eigenvalue weighted by molar-refractivity contribution is 6.33. The Morgan fingerprint density at radius 3 is 2.52 bits per heavy atom. The normalized spacial score (nSPS) is 10.8. The fraction of sp³-hybridized carbons (Fsp3) is 0. The molecule has 0 bridgehead atoms. The van der Waals surface area contributed by atoms with Crippen LogP contribution in [-0.2, 0) is 0 Å². The molecule has 3 aromatic rings. The van der Waals surface area contributed by atoms with E-state index in [1.54, 1.807) is 24.3 Å². The van der Waals surface area contributed by atoms with Crippen LogP contribution in [0, 0.1) is 11.6 Å². The van der Waals surface area contributed by atoms with Crippen molar-refractivity contribution in [2.75, 3.05) is 5.73 Å². The Kier molecular flexibility index (Phi) is 3.35. The maximum atomic E-state index is 14.0. The first-order valence-corrected chi connectivity index (χ1v) is 6.50. The number of aromatic nitrogens is 2. The minimum atomic E-state index is -0.702.